The molecule has 2 radical (unpaired) electrons. The van der Waals surface area contributed by atoms with Crippen molar-refractivity contribution in [2.45, 2.75) is 12.7 Å². The first-order chi connectivity index (χ1) is 8.06. The summed E-state index contributed by atoms with van der Waals surface area (Å²) in [6.45, 7) is 0. The van der Waals surface area contributed by atoms with E-state index in [-0.39, 0.29) is 18.0 Å². The Morgan fingerprint density at radius 2 is 2.12 bits per heavy atom. The second kappa shape index (κ2) is 6.37. The first-order valence-electron chi connectivity index (χ1n) is 4.97. The molecule has 0 spiro atoms. The lowest BCUT2D eigenvalue weighted by atomic mass is 9.94. The summed E-state index contributed by atoms with van der Waals surface area (Å²) in [5.74, 6) is -0.833. The maximum Gasteiger partial charge on any atom is 0.229 e. The molecule has 4 nitrogen and oxygen atoms in total. The van der Waals surface area contributed by atoms with E-state index in [9.17, 15) is 9.18 Å². The van der Waals surface area contributed by atoms with E-state index in [0.717, 1.165) is 6.07 Å². The lowest BCUT2D eigenvalue weighted by Gasteiger charge is -2.14. The first-order valence-corrected chi connectivity index (χ1v) is 4.97. The Morgan fingerprint density at radius 3 is 2.71 bits per heavy atom. The molecular formula is C11H13BFNO3. The predicted molar refractivity (Wildman–Crippen MR) is 62.8 cm³/mol. The standard InChI is InChI=1S/C11H13BFNO3/c1-16-11(17-2)6-10(15)14-9-5-7(13)3-4-8(9)12/h3-5,11H,6H2,1-2H3,(H,14,15). The first kappa shape index (κ1) is 13.7. The third-order valence-corrected chi connectivity index (χ3v) is 2.17. The smallest absolute Gasteiger partial charge is 0.229 e. The normalized spacial score (nSPS) is 10.6. The molecule has 0 atom stereocenters. The average Bonchev–Trinajstić information content (AvgIpc) is 2.31. The molecule has 0 aliphatic carbocycles. The zero-order valence-corrected chi connectivity index (χ0v) is 9.70. The fraction of sp³-hybridized carbons (Fsp3) is 0.364. The van der Waals surface area contributed by atoms with Crippen molar-refractivity contribution < 1.29 is 18.7 Å². The van der Waals surface area contributed by atoms with Crippen LogP contribution in [0.5, 0.6) is 0 Å². The van der Waals surface area contributed by atoms with E-state index >= 15 is 0 Å². The number of carbonyl (C=O) groups is 1. The van der Waals surface area contributed by atoms with Crippen molar-refractivity contribution in [3.05, 3.63) is 24.0 Å². The molecule has 0 aliphatic heterocycles. The van der Waals surface area contributed by atoms with E-state index in [1.165, 1.54) is 26.4 Å². The van der Waals surface area contributed by atoms with Gasteiger partial charge in [0.25, 0.3) is 0 Å². The van der Waals surface area contributed by atoms with Crippen LogP contribution in [-0.4, -0.2) is 34.3 Å². The van der Waals surface area contributed by atoms with Crippen LogP contribution in [0.25, 0.3) is 0 Å². The van der Waals surface area contributed by atoms with Gasteiger partial charge < -0.3 is 14.8 Å². The number of anilines is 1. The summed E-state index contributed by atoms with van der Waals surface area (Å²) < 4.78 is 22.7. The van der Waals surface area contributed by atoms with E-state index in [2.05, 4.69) is 5.32 Å². The van der Waals surface area contributed by atoms with Crippen LogP contribution in [0, 0.1) is 5.82 Å². The van der Waals surface area contributed by atoms with Crippen LogP contribution in [-0.2, 0) is 14.3 Å². The highest BCUT2D eigenvalue weighted by Gasteiger charge is 2.13. The molecule has 0 bridgehead atoms. The van der Waals surface area contributed by atoms with E-state index in [1.807, 2.05) is 0 Å². The highest BCUT2D eigenvalue weighted by atomic mass is 19.1. The van der Waals surface area contributed by atoms with Gasteiger partial charge in [0.05, 0.1) is 6.42 Å². The fourth-order valence-electron chi connectivity index (χ4n) is 1.25. The van der Waals surface area contributed by atoms with Crippen LogP contribution in [0.3, 0.4) is 0 Å². The summed E-state index contributed by atoms with van der Waals surface area (Å²) in [7, 11) is 8.45. The predicted octanol–water partition coefficient (Wildman–Crippen LogP) is 0.567. The van der Waals surface area contributed by atoms with Gasteiger partial charge in [0.15, 0.2) is 6.29 Å². The Hall–Kier alpha value is -1.40. The number of benzene rings is 1. The van der Waals surface area contributed by atoms with Gasteiger partial charge in [-0.3, -0.25) is 4.79 Å². The Labute approximate surface area is 101 Å². The lowest BCUT2D eigenvalue weighted by molar-refractivity contribution is -0.134. The van der Waals surface area contributed by atoms with E-state index in [0.29, 0.717) is 5.46 Å². The van der Waals surface area contributed by atoms with Gasteiger partial charge in [-0.2, -0.15) is 0 Å². The fourth-order valence-corrected chi connectivity index (χ4v) is 1.25. The van der Waals surface area contributed by atoms with Crippen molar-refractivity contribution >= 4 is 24.9 Å². The molecule has 90 valence electrons. The van der Waals surface area contributed by atoms with Gasteiger partial charge in [-0.1, -0.05) is 11.5 Å². The number of hydrogen-bond donors (Lipinski definition) is 1. The minimum Gasteiger partial charge on any atom is -0.355 e. The van der Waals surface area contributed by atoms with Crippen LogP contribution >= 0.6 is 0 Å². The summed E-state index contributed by atoms with van der Waals surface area (Å²) in [5.41, 5.74) is 0.534. The number of halogens is 1. The lowest BCUT2D eigenvalue weighted by Crippen LogP contribution is -2.25. The molecule has 0 unspecified atom stereocenters. The van der Waals surface area contributed by atoms with Crippen molar-refractivity contribution in [3.8, 4) is 0 Å². The summed E-state index contributed by atoms with van der Waals surface area (Å²) in [6, 6.07) is 3.76. The van der Waals surface area contributed by atoms with Gasteiger partial charge in [-0.15, -0.1) is 0 Å². The van der Waals surface area contributed by atoms with Gasteiger partial charge in [0.1, 0.15) is 13.7 Å². The Kier molecular flexibility index (Phi) is 5.12. The maximum atomic E-state index is 12.9. The summed E-state index contributed by atoms with van der Waals surface area (Å²) >= 11 is 0. The second-order valence-corrected chi connectivity index (χ2v) is 3.38. The number of rotatable bonds is 5. The number of hydrogen-bond acceptors (Lipinski definition) is 3. The zero-order valence-electron chi connectivity index (χ0n) is 9.70. The van der Waals surface area contributed by atoms with E-state index < -0.39 is 12.1 Å². The Morgan fingerprint density at radius 1 is 1.47 bits per heavy atom. The van der Waals surface area contributed by atoms with Crippen molar-refractivity contribution in [2.75, 3.05) is 19.5 Å². The maximum absolute atomic E-state index is 12.9. The molecule has 0 aromatic heterocycles. The van der Waals surface area contributed by atoms with Crippen molar-refractivity contribution in [3.63, 3.8) is 0 Å². The average molecular weight is 237 g/mol. The molecule has 1 rings (SSSR count). The molecular weight excluding hydrogens is 224 g/mol. The minimum atomic E-state index is -0.634. The number of methoxy groups -OCH3 is 2. The molecule has 6 heteroatoms. The highest BCUT2D eigenvalue weighted by Crippen LogP contribution is 2.08. The molecule has 0 heterocycles. The number of amides is 1. The topological polar surface area (TPSA) is 47.6 Å². The minimum absolute atomic E-state index is 0.00293. The van der Waals surface area contributed by atoms with Crippen LogP contribution < -0.4 is 10.8 Å². The highest BCUT2D eigenvalue weighted by molar-refractivity contribution is 6.36. The van der Waals surface area contributed by atoms with Crippen LogP contribution in [0.15, 0.2) is 18.2 Å². The molecule has 0 saturated heterocycles. The van der Waals surface area contributed by atoms with Crippen LogP contribution in [0.2, 0.25) is 0 Å². The van der Waals surface area contributed by atoms with Crippen molar-refractivity contribution in [1.82, 2.24) is 0 Å². The molecule has 1 aromatic rings. The number of nitrogens with one attached hydrogen (secondary N) is 1. The third-order valence-electron chi connectivity index (χ3n) is 2.17. The Bertz CT molecular complexity index is 396. The summed E-state index contributed by atoms with van der Waals surface area (Å²) in [5, 5.41) is 2.49. The number of carbonyl (C=O) groups excluding carboxylic acids is 1. The van der Waals surface area contributed by atoms with Crippen LogP contribution in [0.4, 0.5) is 10.1 Å². The zero-order chi connectivity index (χ0) is 12.8. The van der Waals surface area contributed by atoms with Gasteiger partial charge in [0.2, 0.25) is 5.91 Å². The SMILES string of the molecule is [B]c1ccc(F)cc1NC(=O)CC(OC)OC. The van der Waals surface area contributed by atoms with E-state index in [4.69, 9.17) is 17.3 Å². The molecule has 0 saturated carbocycles. The third kappa shape index (κ3) is 4.16. The van der Waals surface area contributed by atoms with Gasteiger partial charge in [-0.25, -0.2) is 4.39 Å². The molecule has 1 aromatic carbocycles. The molecule has 0 aliphatic rings. The quantitative estimate of drug-likeness (QED) is 0.601. The van der Waals surface area contributed by atoms with E-state index in [1.54, 1.807) is 0 Å². The van der Waals surface area contributed by atoms with Gasteiger partial charge in [-0.05, 0) is 12.1 Å². The van der Waals surface area contributed by atoms with Crippen molar-refractivity contribution in [1.29, 1.82) is 0 Å². The number of ether oxygens (including phenoxy) is 2. The van der Waals surface area contributed by atoms with Crippen LogP contribution in [0.1, 0.15) is 6.42 Å². The van der Waals surface area contributed by atoms with Crippen molar-refractivity contribution in [2.24, 2.45) is 0 Å². The molecule has 1 amide bonds. The second-order valence-electron chi connectivity index (χ2n) is 3.38. The monoisotopic (exact) mass is 237 g/mol. The molecule has 17 heavy (non-hydrogen) atoms. The molecule has 0 fully saturated rings. The summed E-state index contributed by atoms with van der Waals surface area (Å²) in [6.07, 6.45) is -0.632. The Balaban J connectivity index is 2.64. The largest absolute Gasteiger partial charge is 0.355 e. The van der Waals surface area contributed by atoms with Gasteiger partial charge >= 0.3 is 0 Å². The van der Waals surface area contributed by atoms with Gasteiger partial charge in [0, 0.05) is 19.9 Å². The molecule has 1 N–H and O–H groups in total. The summed E-state index contributed by atoms with van der Waals surface area (Å²) in [4.78, 5) is 11.6.